The molecule has 0 aromatic carbocycles. The van der Waals surface area contributed by atoms with Crippen molar-refractivity contribution in [3.05, 3.63) is 0 Å². The number of halogens is 8. The van der Waals surface area contributed by atoms with Gasteiger partial charge >= 0.3 is 45.1 Å². The van der Waals surface area contributed by atoms with E-state index in [4.69, 9.17) is 9.66 Å². The summed E-state index contributed by atoms with van der Waals surface area (Å²) < 4.78 is 145. The molecule has 17 heteroatoms. The number of rotatable bonds is 9. The summed E-state index contributed by atoms with van der Waals surface area (Å²) in [5, 5.41) is 2.92. The number of hydrogen-bond donors (Lipinski definition) is 2. The van der Waals surface area contributed by atoms with Crippen molar-refractivity contribution in [1.82, 2.24) is 0 Å². The number of carbonyl (C=O) groups is 3. The molecular weight excluding hydrogens is 528 g/mol. The monoisotopic (exact) mass is 546 g/mol. The highest BCUT2D eigenvalue weighted by Gasteiger charge is 2.80. The van der Waals surface area contributed by atoms with Gasteiger partial charge in [-0.25, -0.2) is 9.59 Å². The number of carboxylic acids is 1. The SMILES string of the molecule is O=C(O)C(F)(F)C(F)(F)C(F)(F)C(=O)C12CC3CC(CC(COC(=O)C(F)(F)S(=O)(=O)O)(C3)C1)C2. The van der Waals surface area contributed by atoms with Crippen molar-refractivity contribution in [3.8, 4) is 0 Å². The summed E-state index contributed by atoms with van der Waals surface area (Å²) in [6, 6.07) is 0. The number of hydrogen-bond acceptors (Lipinski definition) is 6. The number of esters is 1. The predicted octanol–water partition coefficient (Wildman–Crippen LogP) is 3.16. The molecule has 0 aliphatic heterocycles. The van der Waals surface area contributed by atoms with E-state index in [1.165, 1.54) is 0 Å². The van der Waals surface area contributed by atoms with E-state index in [9.17, 15) is 57.9 Å². The maximum absolute atomic E-state index is 14.6. The van der Waals surface area contributed by atoms with Crippen LogP contribution in [0.1, 0.15) is 38.5 Å². The lowest BCUT2D eigenvalue weighted by atomic mass is 9.43. The average molecular weight is 546 g/mol. The Morgan fingerprint density at radius 3 is 1.80 bits per heavy atom. The zero-order chi connectivity index (χ0) is 27.0. The van der Waals surface area contributed by atoms with Crippen molar-refractivity contribution in [1.29, 1.82) is 0 Å². The molecule has 0 heterocycles. The van der Waals surface area contributed by atoms with Gasteiger partial charge in [0.05, 0.1) is 6.61 Å². The van der Waals surface area contributed by atoms with Crippen LogP contribution in [0.25, 0.3) is 0 Å². The summed E-state index contributed by atoms with van der Waals surface area (Å²) in [6.45, 7) is -1.05. The fraction of sp³-hybridized carbons (Fsp3) is 0.833. The van der Waals surface area contributed by atoms with Crippen molar-refractivity contribution >= 4 is 27.8 Å². The molecule has 4 fully saturated rings. The van der Waals surface area contributed by atoms with E-state index in [0.717, 1.165) is 0 Å². The minimum absolute atomic E-state index is 0.0174. The summed E-state index contributed by atoms with van der Waals surface area (Å²) in [4.78, 5) is 34.7. The quantitative estimate of drug-likeness (QED) is 0.256. The second-order valence-corrected chi connectivity index (χ2v) is 11.1. The third-order valence-electron chi connectivity index (χ3n) is 7.08. The lowest BCUT2D eigenvalue weighted by Gasteiger charge is -2.61. The van der Waals surface area contributed by atoms with Crippen LogP contribution in [0, 0.1) is 22.7 Å². The van der Waals surface area contributed by atoms with Gasteiger partial charge in [-0.3, -0.25) is 9.35 Å². The number of Topliss-reactive ketones (excluding diaryl/α,β-unsaturated/α-hetero) is 1. The molecule has 0 spiro atoms. The normalized spacial score (nSPS) is 31.3. The topological polar surface area (TPSA) is 135 Å². The molecule has 0 aromatic rings. The highest BCUT2D eigenvalue weighted by molar-refractivity contribution is 7.87. The van der Waals surface area contributed by atoms with Gasteiger partial charge in [-0.1, -0.05) is 0 Å². The minimum atomic E-state index is -6.61. The van der Waals surface area contributed by atoms with Gasteiger partial charge in [0.25, 0.3) is 0 Å². The molecule has 0 radical (unpaired) electrons. The van der Waals surface area contributed by atoms with Crippen LogP contribution in [0.3, 0.4) is 0 Å². The van der Waals surface area contributed by atoms with Gasteiger partial charge < -0.3 is 9.84 Å². The molecule has 8 nitrogen and oxygen atoms in total. The number of carbonyl (C=O) groups excluding carboxylic acids is 2. The summed E-state index contributed by atoms with van der Waals surface area (Å²) >= 11 is 0. The Labute approximate surface area is 191 Å². The van der Waals surface area contributed by atoms with Gasteiger partial charge in [-0.05, 0) is 50.4 Å². The van der Waals surface area contributed by atoms with Crippen LogP contribution < -0.4 is 0 Å². The molecule has 4 bridgehead atoms. The Bertz CT molecular complexity index is 1040. The van der Waals surface area contributed by atoms with E-state index in [1.54, 1.807) is 0 Å². The van der Waals surface area contributed by atoms with Gasteiger partial charge in [-0.2, -0.15) is 43.5 Å². The number of carboxylic acid groups (broad SMARTS) is 1. The lowest BCUT2D eigenvalue weighted by Crippen LogP contribution is -2.66. The molecule has 0 saturated heterocycles. The van der Waals surface area contributed by atoms with Gasteiger partial charge in [0.1, 0.15) is 0 Å². The average Bonchev–Trinajstić information content (AvgIpc) is 2.69. The summed E-state index contributed by atoms with van der Waals surface area (Å²) in [5.41, 5.74) is -3.89. The molecule has 2 N–H and O–H groups in total. The van der Waals surface area contributed by atoms with E-state index in [2.05, 4.69) is 4.74 Å². The van der Waals surface area contributed by atoms with Crippen molar-refractivity contribution < 1.29 is 72.3 Å². The first-order valence-electron chi connectivity index (χ1n) is 9.99. The van der Waals surface area contributed by atoms with Crippen molar-refractivity contribution in [3.63, 3.8) is 0 Å². The van der Waals surface area contributed by atoms with Crippen LogP contribution in [0.4, 0.5) is 35.1 Å². The van der Waals surface area contributed by atoms with E-state index in [0.29, 0.717) is 6.42 Å². The van der Waals surface area contributed by atoms with Gasteiger partial charge in [-0.15, -0.1) is 0 Å². The Hall–Kier alpha value is -2.04. The molecule has 0 amide bonds. The Kier molecular flexibility index (Phi) is 6.08. The number of ether oxygens (including phenoxy) is 1. The molecule has 0 aromatic heterocycles. The number of ketones is 1. The molecule has 2 atom stereocenters. The first kappa shape index (κ1) is 27.5. The highest BCUT2D eigenvalue weighted by Crippen LogP contribution is 2.67. The summed E-state index contributed by atoms with van der Waals surface area (Å²) in [7, 11) is -6.23. The first-order chi connectivity index (χ1) is 15.5. The van der Waals surface area contributed by atoms with E-state index in [1.807, 2.05) is 0 Å². The van der Waals surface area contributed by atoms with Crippen LogP contribution in [-0.4, -0.2) is 65.4 Å². The van der Waals surface area contributed by atoms with Crippen molar-refractivity contribution in [2.75, 3.05) is 6.61 Å². The molecule has 2 unspecified atom stereocenters. The third kappa shape index (κ3) is 3.97. The summed E-state index contributed by atoms with van der Waals surface area (Å²) in [6.07, 6.45) is -1.42. The van der Waals surface area contributed by atoms with Crippen LogP contribution >= 0.6 is 0 Å². The standard InChI is InChI=1S/C18H18F8O8S/c19-15(20,18(25,26)16(21,22)11(28)29)10(27)14-4-8-1-9(5-14)3-13(2-8,6-14)7-34-12(30)17(23,24)35(31,32)33/h8-9H,1-7H2,(H,28,29)(H,31,32,33). The number of alkyl halides is 8. The molecular formula is C18H18F8O8S. The van der Waals surface area contributed by atoms with Crippen LogP contribution in [-0.2, 0) is 29.2 Å². The zero-order valence-corrected chi connectivity index (χ0v) is 18.2. The second kappa shape index (κ2) is 7.73. The predicted molar refractivity (Wildman–Crippen MR) is 94.5 cm³/mol. The Morgan fingerprint density at radius 2 is 1.37 bits per heavy atom. The fourth-order valence-corrected chi connectivity index (χ4v) is 6.37. The highest BCUT2D eigenvalue weighted by atomic mass is 32.2. The lowest BCUT2D eigenvalue weighted by molar-refractivity contribution is -0.297. The van der Waals surface area contributed by atoms with Gasteiger partial charge in [0, 0.05) is 10.8 Å². The summed E-state index contributed by atoms with van der Waals surface area (Å²) in [5.74, 6) is -29.2. The molecule has 4 rings (SSSR count). The fourth-order valence-electron chi connectivity index (χ4n) is 6.10. The molecule has 4 aliphatic rings. The van der Waals surface area contributed by atoms with Crippen molar-refractivity contribution in [2.24, 2.45) is 22.7 Å². The smallest absolute Gasteiger partial charge is 0.465 e. The molecule has 4 saturated carbocycles. The first-order valence-corrected chi connectivity index (χ1v) is 11.4. The maximum atomic E-state index is 14.6. The van der Waals surface area contributed by atoms with Gasteiger partial charge in [0.2, 0.25) is 5.78 Å². The van der Waals surface area contributed by atoms with E-state index >= 15 is 0 Å². The molecule has 35 heavy (non-hydrogen) atoms. The Balaban J connectivity index is 1.91. The van der Waals surface area contributed by atoms with E-state index in [-0.39, 0.29) is 12.8 Å². The zero-order valence-electron chi connectivity index (χ0n) is 17.4. The number of aliphatic carboxylic acids is 1. The maximum Gasteiger partial charge on any atom is 0.465 e. The van der Waals surface area contributed by atoms with Crippen LogP contribution in [0.2, 0.25) is 0 Å². The molecule has 200 valence electrons. The Morgan fingerprint density at radius 1 is 0.886 bits per heavy atom. The van der Waals surface area contributed by atoms with Crippen molar-refractivity contribution in [2.45, 2.75) is 61.5 Å². The third-order valence-corrected chi connectivity index (χ3v) is 7.89. The molecule has 4 aliphatic carbocycles. The van der Waals surface area contributed by atoms with Gasteiger partial charge in [0.15, 0.2) is 0 Å². The van der Waals surface area contributed by atoms with Crippen LogP contribution in [0.15, 0.2) is 0 Å². The van der Waals surface area contributed by atoms with Crippen LogP contribution in [0.5, 0.6) is 0 Å². The second-order valence-electron chi connectivity index (χ2n) is 9.67. The largest absolute Gasteiger partial charge is 0.477 e. The minimum Gasteiger partial charge on any atom is -0.477 e. The van der Waals surface area contributed by atoms with E-state index < -0.39 is 99.4 Å².